The lowest BCUT2D eigenvalue weighted by molar-refractivity contribution is 0.537. The lowest BCUT2D eigenvalue weighted by Gasteiger charge is -2.16. The Labute approximate surface area is 137 Å². The standard InChI is InChI=1S/C18H22ClNS/c1-3-18(20-4-2)15-7-11-17(12-8-15)21-13-14-5-9-16(19)10-6-14/h5-12,18,20H,3-4,13H2,1-2H3. The molecule has 1 N–H and O–H groups in total. The van der Waals surface area contributed by atoms with Crippen LogP contribution in [0.2, 0.25) is 5.02 Å². The van der Waals surface area contributed by atoms with Crippen LogP contribution in [0.5, 0.6) is 0 Å². The van der Waals surface area contributed by atoms with Gasteiger partial charge in [-0.3, -0.25) is 0 Å². The van der Waals surface area contributed by atoms with Crippen LogP contribution in [0.4, 0.5) is 0 Å². The molecular weight excluding hydrogens is 298 g/mol. The van der Waals surface area contributed by atoms with Crippen molar-refractivity contribution in [2.24, 2.45) is 0 Å². The van der Waals surface area contributed by atoms with Crippen molar-refractivity contribution in [1.82, 2.24) is 5.32 Å². The van der Waals surface area contributed by atoms with E-state index in [-0.39, 0.29) is 0 Å². The Hall–Kier alpha value is -0.960. The number of hydrogen-bond donors (Lipinski definition) is 1. The molecular formula is C18H22ClNS. The van der Waals surface area contributed by atoms with E-state index in [4.69, 9.17) is 11.6 Å². The molecule has 2 rings (SSSR count). The number of rotatable bonds is 7. The summed E-state index contributed by atoms with van der Waals surface area (Å²) in [6.45, 7) is 5.38. The van der Waals surface area contributed by atoms with Crippen LogP contribution in [0.3, 0.4) is 0 Å². The van der Waals surface area contributed by atoms with Crippen LogP contribution >= 0.6 is 23.4 Å². The van der Waals surface area contributed by atoms with E-state index in [1.54, 1.807) is 0 Å². The first-order valence-electron chi connectivity index (χ1n) is 7.43. The molecule has 0 bridgehead atoms. The van der Waals surface area contributed by atoms with Crippen LogP contribution in [0, 0.1) is 0 Å². The molecule has 2 aromatic rings. The van der Waals surface area contributed by atoms with Gasteiger partial charge in [-0.1, -0.05) is 49.7 Å². The molecule has 0 saturated carbocycles. The summed E-state index contributed by atoms with van der Waals surface area (Å²) in [5, 5.41) is 4.31. The Balaban J connectivity index is 1.94. The molecule has 0 aliphatic carbocycles. The summed E-state index contributed by atoms with van der Waals surface area (Å²) in [4.78, 5) is 1.31. The van der Waals surface area contributed by atoms with E-state index in [0.29, 0.717) is 6.04 Å². The topological polar surface area (TPSA) is 12.0 Å². The highest BCUT2D eigenvalue weighted by molar-refractivity contribution is 7.98. The third-order valence-corrected chi connectivity index (χ3v) is 4.80. The van der Waals surface area contributed by atoms with Crippen molar-refractivity contribution in [3.05, 3.63) is 64.7 Å². The summed E-state index contributed by atoms with van der Waals surface area (Å²) in [5.74, 6) is 0.973. The van der Waals surface area contributed by atoms with Gasteiger partial charge in [0.2, 0.25) is 0 Å². The molecule has 0 heterocycles. The average Bonchev–Trinajstić information content (AvgIpc) is 2.53. The van der Waals surface area contributed by atoms with Gasteiger partial charge in [0.25, 0.3) is 0 Å². The second-order valence-corrected chi connectivity index (χ2v) is 6.49. The average molecular weight is 320 g/mol. The van der Waals surface area contributed by atoms with Gasteiger partial charge >= 0.3 is 0 Å². The zero-order valence-corrected chi connectivity index (χ0v) is 14.2. The van der Waals surface area contributed by atoms with E-state index in [9.17, 15) is 0 Å². The van der Waals surface area contributed by atoms with Crippen LogP contribution in [0.25, 0.3) is 0 Å². The lowest BCUT2D eigenvalue weighted by Crippen LogP contribution is -2.19. The van der Waals surface area contributed by atoms with E-state index in [1.807, 2.05) is 23.9 Å². The molecule has 0 aromatic heterocycles. The summed E-state index contributed by atoms with van der Waals surface area (Å²) in [6, 6.07) is 17.4. The summed E-state index contributed by atoms with van der Waals surface area (Å²) in [7, 11) is 0. The smallest absolute Gasteiger partial charge is 0.0406 e. The molecule has 21 heavy (non-hydrogen) atoms. The van der Waals surface area contributed by atoms with Gasteiger partial charge in [0, 0.05) is 21.7 Å². The first-order chi connectivity index (χ1) is 10.2. The summed E-state index contributed by atoms with van der Waals surface area (Å²) < 4.78 is 0. The van der Waals surface area contributed by atoms with E-state index >= 15 is 0 Å². The zero-order valence-electron chi connectivity index (χ0n) is 12.6. The Kier molecular flexibility index (Phi) is 6.62. The molecule has 0 aliphatic rings. The van der Waals surface area contributed by atoms with E-state index < -0.39 is 0 Å². The first-order valence-corrected chi connectivity index (χ1v) is 8.79. The van der Waals surface area contributed by atoms with Crippen molar-refractivity contribution in [1.29, 1.82) is 0 Å². The lowest BCUT2D eigenvalue weighted by atomic mass is 10.1. The maximum absolute atomic E-state index is 5.90. The van der Waals surface area contributed by atoms with Crippen LogP contribution in [-0.4, -0.2) is 6.54 Å². The SMILES string of the molecule is CCNC(CC)c1ccc(SCc2ccc(Cl)cc2)cc1. The quantitative estimate of drug-likeness (QED) is 0.658. The number of benzene rings is 2. The van der Waals surface area contributed by atoms with Crippen molar-refractivity contribution >= 4 is 23.4 Å². The van der Waals surface area contributed by atoms with Gasteiger partial charge in [0.05, 0.1) is 0 Å². The Morgan fingerprint density at radius 1 is 1.00 bits per heavy atom. The summed E-state index contributed by atoms with van der Waals surface area (Å²) >= 11 is 7.76. The molecule has 0 amide bonds. The van der Waals surface area contributed by atoms with Gasteiger partial charge in [-0.05, 0) is 48.4 Å². The highest BCUT2D eigenvalue weighted by atomic mass is 35.5. The summed E-state index contributed by atoms with van der Waals surface area (Å²) in [6.07, 6.45) is 1.12. The van der Waals surface area contributed by atoms with E-state index in [0.717, 1.165) is 23.7 Å². The van der Waals surface area contributed by atoms with Crippen LogP contribution < -0.4 is 5.32 Å². The zero-order chi connectivity index (χ0) is 15.1. The van der Waals surface area contributed by atoms with Crippen LogP contribution in [-0.2, 0) is 5.75 Å². The molecule has 0 radical (unpaired) electrons. The molecule has 2 aromatic carbocycles. The first kappa shape index (κ1) is 16.4. The van der Waals surface area contributed by atoms with Crippen molar-refractivity contribution in [2.75, 3.05) is 6.54 Å². The molecule has 0 saturated heterocycles. The van der Waals surface area contributed by atoms with Gasteiger partial charge in [-0.25, -0.2) is 0 Å². The molecule has 1 atom stereocenters. The highest BCUT2D eigenvalue weighted by Crippen LogP contribution is 2.25. The van der Waals surface area contributed by atoms with Gasteiger partial charge in [0.15, 0.2) is 0 Å². The monoisotopic (exact) mass is 319 g/mol. The minimum atomic E-state index is 0.463. The van der Waals surface area contributed by atoms with Gasteiger partial charge in [0.1, 0.15) is 0 Å². The van der Waals surface area contributed by atoms with E-state index in [2.05, 4.69) is 55.6 Å². The predicted octanol–water partition coefficient (Wildman–Crippen LogP) is 5.69. The molecule has 0 aliphatic heterocycles. The minimum Gasteiger partial charge on any atom is -0.310 e. The number of hydrogen-bond acceptors (Lipinski definition) is 2. The van der Waals surface area contributed by atoms with Crippen molar-refractivity contribution in [2.45, 2.75) is 37.0 Å². The van der Waals surface area contributed by atoms with E-state index in [1.165, 1.54) is 16.0 Å². The fourth-order valence-corrected chi connectivity index (χ4v) is 3.27. The van der Waals surface area contributed by atoms with Crippen LogP contribution in [0.15, 0.2) is 53.4 Å². The van der Waals surface area contributed by atoms with Gasteiger partial charge in [-0.2, -0.15) is 0 Å². The molecule has 112 valence electrons. The normalized spacial score (nSPS) is 12.3. The Bertz CT molecular complexity index is 536. The number of thioether (sulfide) groups is 1. The third kappa shape index (κ3) is 5.06. The van der Waals surface area contributed by atoms with Gasteiger partial charge in [-0.15, -0.1) is 11.8 Å². The van der Waals surface area contributed by atoms with Crippen molar-refractivity contribution in [3.8, 4) is 0 Å². The maximum atomic E-state index is 5.90. The van der Waals surface area contributed by atoms with Crippen molar-refractivity contribution in [3.63, 3.8) is 0 Å². The van der Waals surface area contributed by atoms with Gasteiger partial charge < -0.3 is 5.32 Å². The molecule has 3 heteroatoms. The fraction of sp³-hybridized carbons (Fsp3) is 0.333. The third-order valence-electron chi connectivity index (χ3n) is 3.46. The van der Waals surface area contributed by atoms with Crippen molar-refractivity contribution < 1.29 is 0 Å². The number of nitrogens with one attached hydrogen (secondary N) is 1. The molecule has 1 unspecified atom stereocenters. The number of halogens is 1. The molecule has 0 fully saturated rings. The molecule has 0 spiro atoms. The summed E-state index contributed by atoms with van der Waals surface area (Å²) in [5.41, 5.74) is 2.67. The maximum Gasteiger partial charge on any atom is 0.0406 e. The molecule has 1 nitrogen and oxygen atoms in total. The second kappa shape index (κ2) is 8.47. The Morgan fingerprint density at radius 3 is 2.24 bits per heavy atom. The van der Waals surface area contributed by atoms with Crippen LogP contribution in [0.1, 0.15) is 37.4 Å². The Morgan fingerprint density at radius 2 is 1.67 bits per heavy atom. The fourth-order valence-electron chi connectivity index (χ4n) is 2.29. The highest BCUT2D eigenvalue weighted by Gasteiger charge is 2.07. The predicted molar refractivity (Wildman–Crippen MR) is 94.2 cm³/mol. The largest absolute Gasteiger partial charge is 0.310 e. The minimum absolute atomic E-state index is 0.463. The second-order valence-electron chi connectivity index (χ2n) is 5.00.